The molecule has 0 atom stereocenters. The molecule has 1 aromatic rings. The first-order chi connectivity index (χ1) is 9.08. The largest absolute Gasteiger partial charge is 0.396 e. The molecule has 106 valence electrons. The zero-order valence-corrected chi connectivity index (χ0v) is 11.0. The van der Waals surface area contributed by atoms with Crippen LogP contribution in [0.3, 0.4) is 0 Å². The number of hydrazine groups is 1. The summed E-state index contributed by atoms with van der Waals surface area (Å²) in [5.41, 5.74) is 3.68. The zero-order chi connectivity index (χ0) is 14.3. The quantitative estimate of drug-likeness (QED) is 0.285. The lowest BCUT2D eigenvalue weighted by molar-refractivity contribution is -0.384. The average molecular weight is 268 g/mol. The molecular weight excluding hydrogens is 248 g/mol. The molecule has 0 aliphatic rings. The number of hydrogen-bond donors (Lipinski definition) is 3. The molecule has 19 heavy (non-hydrogen) atoms. The normalized spacial score (nSPS) is 10.3. The molecule has 0 aliphatic heterocycles. The Morgan fingerprint density at radius 3 is 2.68 bits per heavy atom. The van der Waals surface area contributed by atoms with Gasteiger partial charge in [0.15, 0.2) is 0 Å². The minimum absolute atomic E-state index is 0.00709. The van der Waals surface area contributed by atoms with Gasteiger partial charge >= 0.3 is 0 Å². The minimum atomic E-state index is -0.441. The monoisotopic (exact) mass is 268 g/mol. The summed E-state index contributed by atoms with van der Waals surface area (Å²) in [5.74, 6) is 5.31. The number of nitrogen functional groups attached to an aromatic ring is 1. The highest BCUT2D eigenvalue weighted by molar-refractivity contribution is 5.63. The van der Waals surface area contributed by atoms with Gasteiger partial charge in [0.05, 0.1) is 10.6 Å². The molecule has 0 aromatic heterocycles. The van der Waals surface area contributed by atoms with Gasteiger partial charge in [-0.2, -0.15) is 0 Å². The molecule has 0 fully saturated rings. The van der Waals surface area contributed by atoms with E-state index in [0.29, 0.717) is 5.69 Å². The second-order valence-corrected chi connectivity index (χ2v) is 4.35. The van der Waals surface area contributed by atoms with E-state index in [1.54, 1.807) is 6.07 Å². The molecule has 0 aliphatic carbocycles. The van der Waals surface area contributed by atoms with E-state index < -0.39 is 4.92 Å². The Labute approximate surface area is 112 Å². The third kappa shape index (κ3) is 4.72. The van der Waals surface area contributed by atoms with Crippen molar-refractivity contribution in [1.82, 2.24) is 0 Å². The van der Waals surface area contributed by atoms with Crippen LogP contribution in [0.5, 0.6) is 0 Å². The maximum absolute atomic E-state index is 10.8. The predicted molar refractivity (Wildman–Crippen MR) is 75.1 cm³/mol. The number of aliphatic hydroxyl groups excluding tert-OH is 1. The van der Waals surface area contributed by atoms with Crippen LogP contribution >= 0.6 is 0 Å². The SMILES string of the molecule is CN(CCCCCO)c1cc(NN)cc([N+](=O)[O-])c1. The smallest absolute Gasteiger partial charge is 0.273 e. The van der Waals surface area contributed by atoms with Crippen LogP contribution in [-0.2, 0) is 0 Å². The van der Waals surface area contributed by atoms with Crippen LogP contribution in [0.2, 0.25) is 0 Å². The molecule has 4 N–H and O–H groups in total. The van der Waals surface area contributed by atoms with E-state index in [0.717, 1.165) is 31.5 Å². The van der Waals surface area contributed by atoms with Gasteiger partial charge in [0.25, 0.3) is 5.69 Å². The summed E-state index contributed by atoms with van der Waals surface area (Å²) in [4.78, 5) is 12.3. The Hall–Kier alpha value is -1.86. The summed E-state index contributed by atoms with van der Waals surface area (Å²) in [7, 11) is 1.87. The lowest BCUT2D eigenvalue weighted by Gasteiger charge is -2.19. The Bertz CT molecular complexity index is 425. The number of benzene rings is 1. The summed E-state index contributed by atoms with van der Waals surface area (Å²) in [6.45, 7) is 0.965. The van der Waals surface area contributed by atoms with Crippen LogP contribution in [0.25, 0.3) is 0 Å². The van der Waals surface area contributed by atoms with E-state index in [9.17, 15) is 10.1 Å². The lowest BCUT2D eigenvalue weighted by atomic mass is 10.2. The Morgan fingerprint density at radius 2 is 2.11 bits per heavy atom. The van der Waals surface area contributed by atoms with Crippen LogP contribution in [0.4, 0.5) is 17.1 Å². The number of aliphatic hydroxyl groups is 1. The summed E-state index contributed by atoms with van der Waals surface area (Å²) >= 11 is 0. The van der Waals surface area contributed by atoms with Crippen molar-refractivity contribution in [2.75, 3.05) is 30.5 Å². The highest BCUT2D eigenvalue weighted by Crippen LogP contribution is 2.26. The van der Waals surface area contributed by atoms with Crippen LogP contribution < -0.4 is 16.2 Å². The van der Waals surface area contributed by atoms with Crippen molar-refractivity contribution in [2.24, 2.45) is 5.84 Å². The molecule has 0 saturated carbocycles. The molecule has 7 nitrogen and oxygen atoms in total. The Morgan fingerprint density at radius 1 is 1.37 bits per heavy atom. The van der Waals surface area contributed by atoms with Gasteiger partial charge in [0, 0.05) is 38.0 Å². The number of nitrogens with zero attached hydrogens (tertiary/aromatic N) is 2. The van der Waals surface area contributed by atoms with Gasteiger partial charge < -0.3 is 15.4 Å². The summed E-state index contributed by atoms with van der Waals surface area (Å²) in [6.07, 6.45) is 2.63. The van der Waals surface area contributed by atoms with Gasteiger partial charge in [-0.1, -0.05) is 0 Å². The predicted octanol–water partition coefficient (Wildman–Crippen LogP) is 1.48. The second kappa shape index (κ2) is 7.55. The molecule has 1 aromatic carbocycles. The van der Waals surface area contributed by atoms with Gasteiger partial charge in [0.2, 0.25) is 0 Å². The van der Waals surface area contributed by atoms with E-state index >= 15 is 0 Å². The molecule has 1 rings (SSSR count). The molecule has 7 heteroatoms. The van der Waals surface area contributed by atoms with E-state index in [1.165, 1.54) is 12.1 Å². The van der Waals surface area contributed by atoms with Crippen molar-refractivity contribution in [2.45, 2.75) is 19.3 Å². The first-order valence-electron chi connectivity index (χ1n) is 6.16. The Kier molecular flexibility index (Phi) is 6.04. The highest BCUT2D eigenvalue weighted by Gasteiger charge is 2.11. The number of hydrogen-bond acceptors (Lipinski definition) is 6. The number of nitrogens with one attached hydrogen (secondary N) is 1. The van der Waals surface area contributed by atoms with E-state index in [4.69, 9.17) is 10.9 Å². The van der Waals surface area contributed by atoms with Gasteiger partial charge in [-0.05, 0) is 25.3 Å². The number of nitro groups is 1. The van der Waals surface area contributed by atoms with Crippen LogP contribution in [0.1, 0.15) is 19.3 Å². The lowest BCUT2D eigenvalue weighted by Crippen LogP contribution is -2.19. The van der Waals surface area contributed by atoms with Crippen molar-refractivity contribution in [3.63, 3.8) is 0 Å². The zero-order valence-electron chi connectivity index (χ0n) is 11.0. The van der Waals surface area contributed by atoms with Gasteiger partial charge in [-0.3, -0.25) is 16.0 Å². The third-order valence-electron chi connectivity index (χ3n) is 2.87. The number of non-ortho nitro benzene ring substituents is 1. The number of unbranched alkanes of at least 4 members (excludes halogenated alkanes) is 2. The fourth-order valence-corrected chi connectivity index (χ4v) is 1.77. The first kappa shape index (κ1) is 15.2. The maximum atomic E-state index is 10.8. The van der Waals surface area contributed by atoms with Gasteiger partial charge in [-0.25, -0.2) is 0 Å². The number of nitrogens with two attached hydrogens (primary N) is 1. The topological polar surface area (TPSA) is 105 Å². The Balaban J connectivity index is 2.74. The van der Waals surface area contributed by atoms with Crippen LogP contribution in [0.15, 0.2) is 18.2 Å². The van der Waals surface area contributed by atoms with E-state index in [2.05, 4.69) is 5.43 Å². The summed E-state index contributed by atoms with van der Waals surface area (Å²) < 4.78 is 0. The standard InChI is InChI=1S/C12H20N4O3/c1-15(5-3-2-4-6-17)11-7-10(14-13)8-12(9-11)16(18)19/h7-9,14,17H,2-6,13H2,1H3. The van der Waals surface area contributed by atoms with Crippen molar-refractivity contribution in [1.29, 1.82) is 0 Å². The number of anilines is 2. The molecule has 0 spiro atoms. The fourth-order valence-electron chi connectivity index (χ4n) is 1.77. The molecule has 0 unspecified atom stereocenters. The molecule has 0 saturated heterocycles. The number of rotatable bonds is 8. The highest BCUT2D eigenvalue weighted by atomic mass is 16.6. The maximum Gasteiger partial charge on any atom is 0.273 e. The molecule has 0 radical (unpaired) electrons. The average Bonchev–Trinajstić information content (AvgIpc) is 2.42. The molecule has 0 heterocycles. The molecular formula is C12H20N4O3. The van der Waals surface area contributed by atoms with Crippen molar-refractivity contribution in [3.05, 3.63) is 28.3 Å². The van der Waals surface area contributed by atoms with Crippen molar-refractivity contribution in [3.8, 4) is 0 Å². The van der Waals surface area contributed by atoms with Crippen LogP contribution in [-0.4, -0.2) is 30.2 Å². The third-order valence-corrected chi connectivity index (χ3v) is 2.87. The number of nitro benzene ring substituents is 1. The van der Waals surface area contributed by atoms with Gasteiger partial charge in [0.1, 0.15) is 0 Å². The summed E-state index contributed by atoms with van der Waals surface area (Å²) in [5, 5.41) is 19.5. The molecule has 0 bridgehead atoms. The summed E-state index contributed by atoms with van der Waals surface area (Å²) in [6, 6.07) is 4.68. The second-order valence-electron chi connectivity index (χ2n) is 4.35. The molecule has 0 amide bonds. The fraction of sp³-hybridized carbons (Fsp3) is 0.500. The van der Waals surface area contributed by atoms with Crippen molar-refractivity contribution >= 4 is 17.1 Å². The van der Waals surface area contributed by atoms with Gasteiger partial charge in [-0.15, -0.1) is 0 Å². The van der Waals surface area contributed by atoms with Crippen molar-refractivity contribution < 1.29 is 10.0 Å². The first-order valence-corrected chi connectivity index (χ1v) is 6.16. The minimum Gasteiger partial charge on any atom is -0.396 e. The van der Waals surface area contributed by atoms with Crippen LogP contribution in [0, 0.1) is 10.1 Å². The van der Waals surface area contributed by atoms with E-state index in [-0.39, 0.29) is 12.3 Å². The van der Waals surface area contributed by atoms with E-state index in [1.807, 2.05) is 11.9 Å².